The number of ether oxygens (including phenoxy) is 4. The number of aryl methyl sites for hydroxylation is 1. The molecule has 0 radical (unpaired) electrons. The highest BCUT2D eigenvalue weighted by atomic mass is 31.2. The lowest BCUT2D eigenvalue weighted by molar-refractivity contribution is -0.136. The second-order valence-corrected chi connectivity index (χ2v) is 18.7. The van der Waals surface area contributed by atoms with Crippen LogP contribution in [0.5, 0.6) is 17.4 Å². The molecule has 1 aromatic heterocycles. The maximum absolute atomic E-state index is 14.2. The van der Waals surface area contributed by atoms with Gasteiger partial charge in [-0.05, 0) is 89.0 Å². The minimum Gasteiger partial charge on any atom is -0.496 e. The van der Waals surface area contributed by atoms with Crippen LogP contribution >= 0.6 is 7.37 Å². The van der Waals surface area contributed by atoms with Crippen LogP contribution in [0.4, 0.5) is 13.6 Å². The van der Waals surface area contributed by atoms with Gasteiger partial charge in [-0.3, -0.25) is 9.36 Å². The van der Waals surface area contributed by atoms with Gasteiger partial charge >= 0.3 is 6.09 Å². The summed E-state index contributed by atoms with van der Waals surface area (Å²) in [5, 5.41) is 2.18. The van der Waals surface area contributed by atoms with Gasteiger partial charge in [-0.25, -0.2) is 18.6 Å². The van der Waals surface area contributed by atoms with Crippen LogP contribution in [0, 0.1) is 24.5 Å². The fourth-order valence-electron chi connectivity index (χ4n) is 8.59. The minimum absolute atomic E-state index is 0.126. The van der Waals surface area contributed by atoms with Gasteiger partial charge in [-0.1, -0.05) is 38.2 Å². The van der Waals surface area contributed by atoms with Gasteiger partial charge in [-0.2, -0.15) is 0 Å². The molecule has 0 spiro atoms. The Morgan fingerprint density at radius 2 is 1.80 bits per heavy atom. The molecule has 59 heavy (non-hydrogen) atoms. The van der Waals surface area contributed by atoms with Gasteiger partial charge in [0.15, 0.2) is 0 Å². The molecule has 1 aliphatic heterocycles. The molecular weight excluding hydrogens is 785 g/mol. The number of hydrogen-bond donors (Lipinski definition) is 3. The Morgan fingerprint density at radius 3 is 2.49 bits per heavy atom. The van der Waals surface area contributed by atoms with E-state index >= 15 is 0 Å². The summed E-state index contributed by atoms with van der Waals surface area (Å²) in [7, 11) is -2.50. The second kappa shape index (κ2) is 19.4. The Hall–Kier alpha value is -4.33. The standard InChI is InChI=1S/C43H57F2N4O9P/c1-4-56-39-22-38(32-19-20-37(55-3)27(2)40(32)48-39)57-31-21-29(25-50)49(24-31)41(51)36(47-42(52)58-30-14-10-11-15-30)18-9-7-5-6-8-13-28-23-43(28,46)59(53,54)26-33-34(44)16-12-17-35(33)45/h12,16-17,19-20,22,25,28-31,36H,4-11,13-15,18,21,23-24,26,46H2,1-3H3,(H,47,52)(H,53,54)/t28-,29+,31?,36+,43+/m1/s1. The summed E-state index contributed by atoms with van der Waals surface area (Å²) < 4.78 is 65.0. The third-order valence-electron chi connectivity index (χ3n) is 12.1. The molecule has 4 N–H and O–H groups in total. The van der Waals surface area contributed by atoms with E-state index in [2.05, 4.69) is 10.3 Å². The van der Waals surface area contributed by atoms with E-state index in [9.17, 15) is 32.6 Å². The van der Waals surface area contributed by atoms with E-state index < -0.39 is 60.3 Å². The van der Waals surface area contributed by atoms with Crippen molar-refractivity contribution >= 4 is 36.6 Å². The molecule has 2 aliphatic carbocycles. The van der Waals surface area contributed by atoms with E-state index in [0.717, 1.165) is 80.7 Å². The van der Waals surface area contributed by atoms with Crippen LogP contribution in [-0.2, 0) is 25.1 Å². The summed E-state index contributed by atoms with van der Waals surface area (Å²) >= 11 is 0. The molecule has 1 saturated heterocycles. The van der Waals surface area contributed by atoms with Gasteiger partial charge in [0.1, 0.15) is 47.7 Å². The number of carbonyl (C=O) groups is 3. The largest absolute Gasteiger partial charge is 0.496 e. The number of nitrogens with one attached hydrogen (secondary N) is 1. The number of pyridine rings is 1. The lowest BCUT2D eigenvalue weighted by atomic mass is 10.0. The number of unbranched alkanes of at least 4 members (excludes halogenated alkanes) is 4. The number of aldehydes is 1. The first-order valence-electron chi connectivity index (χ1n) is 20.8. The van der Waals surface area contributed by atoms with Gasteiger partial charge < -0.3 is 44.6 Å². The van der Waals surface area contributed by atoms with Crippen LogP contribution < -0.4 is 25.3 Å². The number of hydrogen-bond acceptors (Lipinski definition) is 10. The summed E-state index contributed by atoms with van der Waals surface area (Å²) in [5.41, 5.74) is 7.37. The van der Waals surface area contributed by atoms with Crippen molar-refractivity contribution in [2.75, 3.05) is 20.3 Å². The van der Waals surface area contributed by atoms with Crippen LogP contribution in [0.25, 0.3) is 10.9 Å². The quantitative estimate of drug-likeness (QED) is 0.0577. The van der Waals surface area contributed by atoms with Crippen LogP contribution in [0.1, 0.15) is 102 Å². The molecule has 3 aromatic rings. The SMILES string of the molecule is CCOc1cc(OC2C[C@@H](C=O)N(C(=O)[C@H](CCCCCCC[C@@H]3C[C@]3(N)P(=O)(O)Cc3c(F)cccc3F)NC(=O)OC3CCCC3)C2)c2ccc(OC)c(C)c2n1. The van der Waals surface area contributed by atoms with Crippen molar-refractivity contribution in [3.8, 4) is 17.4 Å². The number of amides is 2. The predicted octanol–water partition coefficient (Wildman–Crippen LogP) is 7.69. The lowest BCUT2D eigenvalue weighted by Gasteiger charge is -2.27. The zero-order valence-electron chi connectivity index (χ0n) is 34.1. The summed E-state index contributed by atoms with van der Waals surface area (Å²) in [6, 6.07) is 7.04. The monoisotopic (exact) mass is 842 g/mol. The number of alkyl carbamates (subject to hydrolysis) is 1. The van der Waals surface area contributed by atoms with Crippen LogP contribution in [0.15, 0.2) is 36.4 Å². The molecule has 16 heteroatoms. The predicted molar refractivity (Wildman–Crippen MR) is 218 cm³/mol. The zero-order valence-corrected chi connectivity index (χ0v) is 35.0. The average molecular weight is 843 g/mol. The molecule has 2 amide bonds. The molecule has 0 bridgehead atoms. The first-order valence-corrected chi connectivity index (χ1v) is 22.7. The minimum atomic E-state index is -4.09. The van der Waals surface area contributed by atoms with E-state index in [1.165, 1.54) is 11.0 Å². The molecule has 322 valence electrons. The summed E-state index contributed by atoms with van der Waals surface area (Å²) in [5.74, 6) is -0.792. The fraction of sp³-hybridized carbons (Fsp3) is 0.581. The van der Waals surface area contributed by atoms with E-state index in [1.807, 2.05) is 26.0 Å². The maximum Gasteiger partial charge on any atom is 0.408 e. The van der Waals surface area contributed by atoms with E-state index in [-0.39, 0.29) is 30.9 Å². The summed E-state index contributed by atoms with van der Waals surface area (Å²) in [6.07, 6.45) is 7.43. The topological polar surface area (TPSA) is 180 Å². The number of methoxy groups -OCH3 is 1. The molecule has 3 aliphatic rings. The normalized spacial score (nSPS) is 23.1. The third-order valence-corrected chi connectivity index (χ3v) is 14.7. The highest BCUT2D eigenvalue weighted by Gasteiger charge is 2.62. The first-order chi connectivity index (χ1) is 28.3. The van der Waals surface area contributed by atoms with Crippen molar-refractivity contribution in [1.82, 2.24) is 15.2 Å². The molecular formula is C43H57F2N4O9P. The Morgan fingerprint density at radius 1 is 1.08 bits per heavy atom. The number of carbonyl (C=O) groups excluding carboxylic acids is 3. The third kappa shape index (κ3) is 10.3. The van der Waals surface area contributed by atoms with E-state index in [0.29, 0.717) is 55.2 Å². The lowest BCUT2D eigenvalue weighted by Crippen LogP contribution is -2.51. The first kappa shape index (κ1) is 44.2. The Kier molecular flexibility index (Phi) is 14.5. The van der Waals surface area contributed by atoms with E-state index in [1.54, 1.807) is 13.2 Å². The maximum atomic E-state index is 14.2. The molecule has 2 saturated carbocycles. The van der Waals surface area contributed by atoms with Gasteiger partial charge in [0.05, 0.1) is 43.3 Å². The van der Waals surface area contributed by atoms with Crippen molar-refractivity contribution in [1.29, 1.82) is 0 Å². The Bertz CT molecular complexity index is 2010. The highest BCUT2D eigenvalue weighted by Crippen LogP contribution is 2.70. The molecule has 2 heterocycles. The van der Waals surface area contributed by atoms with Gasteiger partial charge in [0.2, 0.25) is 19.2 Å². The number of aromatic nitrogens is 1. The smallest absolute Gasteiger partial charge is 0.408 e. The van der Waals surface area contributed by atoms with Crippen molar-refractivity contribution in [3.05, 3.63) is 59.2 Å². The number of halogens is 2. The van der Waals surface area contributed by atoms with Crippen molar-refractivity contribution in [3.63, 3.8) is 0 Å². The van der Waals surface area contributed by atoms with Gasteiger partial charge in [0, 0.05) is 29.0 Å². The fourth-order valence-corrected chi connectivity index (χ4v) is 10.8. The molecule has 2 aromatic carbocycles. The molecule has 6 rings (SSSR count). The summed E-state index contributed by atoms with van der Waals surface area (Å²) in [4.78, 5) is 56.6. The van der Waals surface area contributed by atoms with Crippen molar-refractivity contribution < 1.29 is 51.6 Å². The number of nitrogens with zero attached hydrogens (tertiary/aromatic N) is 2. The Labute approximate surface area is 344 Å². The van der Waals surface area contributed by atoms with Crippen LogP contribution in [0.2, 0.25) is 0 Å². The molecule has 13 nitrogen and oxygen atoms in total. The molecule has 6 atom stereocenters. The highest BCUT2D eigenvalue weighted by molar-refractivity contribution is 7.59. The van der Waals surface area contributed by atoms with E-state index in [4.69, 9.17) is 24.7 Å². The van der Waals surface area contributed by atoms with Gasteiger partial charge in [0.25, 0.3) is 0 Å². The molecule has 2 unspecified atom stereocenters. The number of fused-ring (bicyclic) bond motifs is 1. The van der Waals surface area contributed by atoms with Crippen LogP contribution in [0.3, 0.4) is 0 Å². The summed E-state index contributed by atoms with van der Waals surface area (Å²) in [6.45, 7) is 4.28. The number of likely N-dealkylation sites (tertiary alicyclic amines) is 1. The van der Waals surface area contributed by atoms with Crippen molar-refractivity contribution in [2.45, 2.75) is 133 Å². The second-order valence-electron chi connectivity index (χ2n) is 16.2. The number of nitrogens with two attached hydrogens (primary N) is 1. The van der Waals surface area contributed by atoms with Crippen LogP contribution in [-0.4, -0.2) is 82.9 Å². The van der Waals surface area contributed by atoms with Gasteiger partial charge in [-0.15, -0.1) is 0 Å². The number of rotatable bonds is 20. The average Bonchev–Trinajstić information content (AvgIpc) is 3.48. The number of benzene rings is 2. The Balaban J connectivity index is 1.04. The molecule has 3 fully saturated rings. The zero-order chi connectivity index (χ0) is 42.3. The van der Waals surface area contributed by atoms with Crippen molar-refractivity contribution in [2.24, 2.45) is 11.7 Å².